The minimum atomic E-state index is -1.30. The second kappa shape index (κ2) is 4.77. The lowest BCUT2D eigenvalue weighted by Crippen LogP contribution is -2.45. The van der Waals surface area contributed by atoms with Crippen LogP contribution < -0.4 is 5.73 Å². The number of hydrogen-bond donors (Lipinski definition) is 1. The normalized spacial score (nSPS) is 19.2. The van der Waals surface area contributed by atoms with Crippen molar-refractivity contribution in [3.8, 4) is 0 Å². The first-order valence-corrected chi connectivity index (χ1v) is 4.37. The number of hydrogen-bond acceptors (Lipinski definition) is 2. The summed E-state index contributed by atoms with van der Waals surface area (Å²) >= 11 is 0. The zero-order chi connectivity index (χ0) is 9.78. The molecule has 0 spiro atoms. The molecule has 0 heterocycles. The first-order valence-electron chi connectivity index (χ1n) is 4.37. The van der Waals surface area contributed by atoms with Gasteiger partial charge in [0.15, 0.2) is 0 Å². The van der Waals surface area contributed by atoms with Gasteiger partial charge in [0, 0.05) is 19.6 Å². The molecular formula is C9H20FNO. The number of rotatable bonds is 5. The molecule has 74 valence electrons. The molecule has 0 aliphatic carbocycles. The third-order valence-corrected chi connectivity index (χ3v) is 2.51. The molecule has 0 radical (unpaired) electrons. The monoisotopic (exact) mass is 177 g/mol. The Morgan fingerprint density at radius 1 is 1.42 bits per heavy atom. The highest BCUT2D eigenvalue weighted by Crippen LogP contribution is 2.29. The predicted octanol–water partition coefficient (Wildman–Crippen LogP) is 1.59. The second-order valence-corrected chi connectivity index (χ2v) is 3.64. The molecule has 2 atom stereocenters. The topological polar surface area (TPSA) is 35.2 Å². The van der Waals surface area contributed by atoms with E-state index in [2.05, 4.69) is 0 Å². The molecule has 2 unspecified atom stereocenters. The average molecular weight is 177 g/mol. The molecule has 0 aromatic heterocycles. The summed E-state index contributed by atoms with van der Waals surface area (Å²) in [5.41, 5.74) is 4.11. The Balaban J connectivity index is 4.29. The van der Waals surface area contributed by atoms with Gasteiger partial charge in [-0.15, -0.1) is 0 Å². The minimum absolute atomic E-state index is 0.0624. The van der Waals surface area contributed by atoms with Gasteiger partial charge in [-0.05, 0) is 5.92 Å². The summed E-state index contributed by atoms with van der Waals surface area (Å²) in [6.45, 7) is 6.01. The van der Waals surface area contributed by atoms with Crippen molar-refractivity contribution in [2.45, 2.75) is 26.4 Å². The van der Waals surface area contributed by atoms with E-state index in [1.54, 1.807) is 7.11 Å². The van der Waals surface area contributed by atoms with Crippen molar-refractivity contribution in [1.82, 2.24) is 0 Å². The van der Waals surface area contributed by atoms with Gasteiger partial charge in [-0.1, -0.05) is 20.8 Å². The highest BCUT2D eigenvalue weighted by atomic mass is 19.1. The fourth-order valence-corrected chi connectivity index (χ4v) is 1.39. The molecular weight excluding hydrogens is 157 g/mol. The highest BCUT2D eigenvalue weighted by molar-refractivity contribution is 4.88. The maximum atomic E-state index is 14.0. The molecule has 3 heteroatoms. The lowest BCUT2D eigenvalue weighted by Gasteiger charge is -2.33. The van der Waals surface area contributed by atoms with Crippen molar-refractivity contribution in [2.24, 2.45) is 17.6 Å². The van der Waals surface area contributed by atoms with E-state index in [0.29, 0.717) is 6.61 Å². The van der Waals surface area contributed by atoms with Crippen LogP contribution in [0.2, 0.25) is 0 Å². The van der Waals surface area contributed by atoms with E-state index in [0.717, 1.165) is 0 Å². The van der Waals surface area contributed by atoms with E-state index in [1.165, 1.54) is 0 Å². The molecule has 0 aliphatic rings. The van der Waals surface area contributed by atoms with Crippen LogP contribution in [-0.4, -0.2) is 25.9 Å². The molecule has 0 rings (SSSR count). The third-order valence-electron chi connectivity index (χ3n) is 2.51. The number of nitrogens with two attached hydrogens (primary N) is 1. The molecule has 0 bridgehead atoms. The number of methoxy groups -OCH3 is 1. The van der Waals surface area contributed by atoms with Crippen LogP contribution in [0.5, 0.6) is 0 Å². The van der Waals surface area contributed by atoms with Crippen LogP contribution in [0.25, 0.3) is 0 Å². The summed E-state index contributed by atoms with van der Waals surface area (Å²) in [7, 11) is 1.58. The quantitative estimate of drug-likeness (QED) is 0.692. The number of alkyl halides is 1. The first kappa shape index (κ1) is 11.8. The molecule has 2 nitrogen and oxygen atoms in total. The van der Waals surface area contributed by atoms with Gasteiger partial charge in [0.1, 0.15) is 5.67 Å². The van der Waals surface area contributed by atoms with Crippen molar-refractivity contribution in [3.63, 3.8) is 0 Å². The van der Waals surface area contributed by atoms with Crippen LogP contribution >= 0.6 is 0 Å². The summed E-state index contributed by atoms with van der Waals surface area (Å²) in [6, 6.07) is 0. The van der Waals surface area contributed by atoms with Crippen LogP contribution in [-0.2, 0) is 4.74 Å². The second-order valence-electron chi connectivity index (χ2n) is 3.64. The van der Waals surface area contributed by atoms with E-state index < -0.39 is 5.67 Å². The summed E-state index contributed by atoms with van der Waals surface area (Å²) < 4.78 is 18.9. The Morgan fingerprint density at radius 3 is 2.17 bits per heavy atom. The molecule has 0 aromatic carbocycles. The zero-order valence-electron chi connectivity index (χ0n) is 8.43. The van der Waals surface area contributed by atoms with Crippen molar-refractivity contribution < 1.29 is 9.13 Å². The fourth-order valence-electron chi connectivity index (χ4n) is 1.39. The molecule has 0 aliphatic heterocycles. The van der Waals surface area contributed by atoms with Crippen LogP contribution in [0.3, 0.4) is 0 Å². The van der Waals surface area contributed by atoms with E-state index in [-0.39, 0.29) is 18.4 Å². The Kier molecular flexibility index (Phi) is 4.71. The lowest BCUT2D eigenvalue weighted by molar-refractivity contribution is 0.00492. The molecule has 0 saturated carbocycles. The van der Waals surface area contributed by atoms with E-state index >= 15 is 0 Å². The van der Waals surface area contributed by atoms with Gasteiger partial charge in [-0.2, -0.15) is 0 Å². The zero-order valence-corrected chi connectivity index (χ0v) is 8.43. The van der Waals surface area contributed by atoms with E-state index in [4.69, 9.17) is 10.5 Å². The summed E-state index contributed by atoms with van der Waals surface area (Å²) in [4.78, 5) is 0. The Hall–Kier alpha value is -0.150. The van der Waals surface area contributed by atoms with Crippen LogP contribution in [0.4, 0.5) is 4.39 Å². The molecule has 2 N–H and O–H groups in total. The maximum absolute atomic E-state index is 14.0. The predicted molar refractivity (Wildman–Crippen MR) is 48.8 cm³/mol. The van der Waals surface area contributed by atoms with Gasteiger partial charge in [0.05, 0.1) is 6.61 Å². The van der Waals surface area contributed by atoms with E-state index in [9.17, 15) is 4.39 Å². The van der Waals surface area contributed by atoms with Crippen molar-refractivity contribution in [2.75, 3.05) is 20.3 Å². The summed E-state index contributed by atoms with van der Waals surface area (Å²) in [6.07, 6.45) is 0. The number of ether oxygens (including phenoxy) is 1. The SMILES string of the molecule is COCC(C)C(F)(CN)C(C)C. The molecule has 0 aromatic rings. The molecule has 0 fully saturated rings. The number of halogens is 1. The largest absolute Gasteiger partial charge is 0.384 e. The van der Waals surface area contributed by atoms with Crippen LogP contribution in [0, 0.1) is 11.8 Å². The van der Waals surface area contributed by atoms with E-state index in [1.807, 2.05) is 20.8 Å². The smallest absolute Gasteiger partial charge is 0.130 e. The standard InChI is InChI=1S/C9H20FNO/c1-7(2)9(10,6-11)8(3)5-12-4/h7-8H,5-6,11H2,1-4H3. The van der Waals surface area contributed by atoms with Crippen LogP contribution in [0.1, 0.15) is 20.8 Å². The van der Waals surface area contributed by atoms with Crippen molar-refractivity contribution in [3.05, 3.63) is 0 Å². The van der Waals surface area contributed by atoms with Crippen LogP contribution in [0.15, 0.2) is 0 Å². The van der Waals surface area contributed by atoms with Gasteiger partial charge in [0.2, 0.25) is 0 Å². The summed E-state index contributed by atoms with van der Waals surface area (Å²) in [5.74, 6) is -0.208. The van der Waals surface area contributed by atoms with Gasteiger partial charge < -0.3 is 10.5 Å². The molecule has 0 saturated heterocycles. The Morgan fingerprint density at radius 2 is 1.92 bits per heavy atom. The van der Waals surface area contributed by atoms with Gasteiger partial charge in [0.25, 0.3) is 0 Å². The van der Waals surface area contributed by atoms with Gasteiger partial charge in [-0.25, -0.2) is 4.39 Å². The first-order chi connectivity index (χ1) is 5.49. The molecule has 12 heavy (non-hydrogen) atoms. The Bertz CT molecular complexity index is 130. The maximum Gasteiger partial charge on any atom is 0.130 e. The lowest BCUT2D eigenvalue weighted by atomic mass is 9.81. The van der Waals surface area contributed by atoms with Crippen molar-refractivity contribution in [1.29, 1.82) is 0 Å². The minimum Gasteiger partial charge on any atom is -0.384 e. The third kappa shape index (κ3) is 2.42. The van der Waals surface area contributed by atoms with Gasteiger partial charge >= 0.3 is 0 Å². The molecule has 0 amide bonds. The highest BCUT2D eigenvalue weighted by Gasteiger charge is 2.37. The Labute approximate surface area is 74.3 Å². The van der Waals surface area contributed by atoms with Crippen molar-refractivity contribution >= 4 is 0 Å². The van der Waals surface area contributed by atoms with Gasteiger partial charge in [-0.3, -0.25) is 0 Å². The average Bonchev–Trinajstić information content (AvgIpc) is 2.03. The summed E-state index contributed by atoms with van der Waals surface area (Å²) in [5, 5.41) is 0. The fraction of sp³-hybridized carbons (Fsp3) is 1.00.